The molecule has 0 aromatic heterocycles. The third kappa shape index (κ3) is 3.07. The molecule has 3 nitrogen and oxygen atoms in total. The fourth-order valence-corrected chi connectivity index (χ4v) is 2.11. The van der Waals surface area contributed by atoms with E-state index in [2.05, 4.69) is 29.2 Å². The topological polar surface area (TPSA) is 29.5 Å². The number of esters is 1. The van der Waals surface area contributed by atoms with E-state index in [1.54, 1.807) is 0 Å². The van der Waals surface area contributed by atoms with E-state index in [0.717, 1.165) is 26.1 Å². The molecule has 3 heteroatoms. The molecule has 0 aliphatic carbocycles. The molecule has 1 aromatic carbocycles. The average Bonchev–Trinajstić information content (AvgIpc) is 2.66. The highest BCUT2D eigenvalue weighted by Gasteiger charge is 2.24. The summed E-state index contributed by atoms with van der Waals surface area (Å²) >= 11 is 0. The maximum atomic E-state index is 10.8. The van der Waals surface area contributed by atoms with Gasteiger partial charge in [0, 0.05) is 26.6 Å². The number of rotatable bonds is 3. The maximum Gasteiger partial charge on any atom is 0.302 e. The molecule has 86 valence electrons. The molecular formula is C13H17NO2. The Labute approximate surface area is 96.0 Å². The third-order valence-electron chi connectivity index (χ3n) is 2.81. The minimum atomic E-state index is -0.174. The zero-order valence-corrected chi connectivity index (χ0v) is 9.56. The number of carbonyl (C=O) groups excluding carboxylic acids is 1. The van der Waals surface area contributed by atoms with E-state index < -0.39 is 0 Å². The normalized spacial score (nSPS) is 20.9. The van der Waals surface area contributed by atoms with Crippen LogP contribution in [0.1, 0.15) is 18.9 Å². The molecule has 0 unspecified atom stereocenters. The van der Waals surface area contributed by atoms with Crippen LogP contribution in [0.3, 0.4) is 0 Å². The van der Waals surface area contributed by atoms with Gasteiger partial charge >= 0.3 is 5.97 Å². The van der Waals surface area contributed by atoms with Crippen molar-refractivity contribution in [2.24, 2.45) is 0 Å². The van der Waals surface area contributed by atoms with Gasteiger partial charge in [0.05, 0.1) is 0 Å². The fraction of sp³-hybridized carbons (Fsp3) is 0.462. The molecule has 16 heavy (non-hydrogen) atoms. The van der Waals surface area contributed by atoms with Crippen LogP contribution in [0.4, 0.5) is 0 Å². The predicted octanol–water partition coefficient (Wildman–Crippen LogP) is 1.82. The molecule has 0 bridgehead atoms. The Hall–Kier alpha value is -1.35. The van der Waals surface area contributed by atoms with Crippen LogP contribution in [0, 0.1) is 0 Å². The van der Waals surface area contributed by atoms with Gasteiger partial charge in [0.15, 0.2) is 0 Å². The predicted molar refractivity (Wildman–Crippen MR) is 61.9 cm³/mol. The number of carbonyl (C=O) groups is 1. The van der Waals surface area contributed by atoms with E-state index in [-0.39, 0.29) is 12.1 Å². The van der Waals surface area contributed by atoms with Crippen molar-refractivity contribution in [3.63, 3.8) is 0 Å². The molecule has 2 rings (SSSR count). The Morgan fingerprint density at radius 1 is 1.44 bits per heavy atom. The molecule has 0 spiro atoms. The van der Waals surface area contributed by atoms with Crippen molar-refractivity contribution in [2.45, 2.75) is 26.0 Å². The summed E-state index contributed by atoms with van der Waals surface area (Å²) in [5, 5.41) is 0. The smallest absolute Gasteiger partial charge is 0.302 e. The second kappa shape index (κ2) is 5.12. The first kappa shape index (κ1) is 11.1. The summed E-state index contributed by atoms with van der Waals surface area (Å²) in [5.41, 5.74) is 1.31. The van der Waals surface area contributed by atoms with Gasteiger partial charge in [0.2, 0.25) is 0 Å². The molecular weight excluding hydrogens is 202 g/mol. The third-order valence-corrected chi connectivity index (χ3v) is 2.81. The minimum absolute atomic E-state index is 0.0845. The van der Waals surface area contributed by atoms with E-state index in [4.69, 9.17) is 4.74 Å². The van der Waals surface area contributed by atoms with Crippen molar-refractivity contribution >= 4 is 5.97 Å². The monoisotopic (exact) mass is 219 g/mol. The molecule has 1 aliphatic rings. The summed E-state index contributed by atoms with van der Waals surface area (Å²) in [7, 11) is 0. The molecule has 0 amide bonds. The minimum Gasteiger partial charge on any atom is -0.461 e. The van der Waals surface area contributed by atoms with Gasteiger partial charge in [-0.05, 0) is 12.0 Å². The fourth-order valence-electron chi connectivity index (χ4n) is 2.11. The summed E-state index contributed by atoms with van der Waals surface area (Å²) in [5.74, 6) is -0.174. The van der Waals surface area contributed by atoms with E-state index in [1.807, 2.05) is 6.07 Å². The summed E-state index contributed by atoms with van der Waals surface area (Å²) in [6.45, 7) is 4.28. The first-order valence-electron chi connectivity index (χ1n) is 5.67. The van der Waals surface area contributed by atoms with Crippen molar-refractivity contribution in [1.29, 1.82) is 0 Å². The van der Waals surface area contributed by atoms with E-state index in [9.17, 15) is 4.79 Å². The van der Waals surface area contributed by atoms with Gasteiger partial charge in [-0.2, -0.15) is 0 Å². The molecule has 1 fully saturated rings. The van der Waals surface area contributed by atoms with Gasteiger partial charge in [-0.1, -0.05) is 30.3 Å². The van der Waals surface area contributed by atoms with Crippen LogP contribution in [0.15, 0.2) is 30.3 Å². The van der Waals surface area contributed by atoms with Crippen molar-refractivity contribution in [2.75, 3.05) is 13.1 Å². The van der Waals surface area contributed by atoms with E-state index in [0.29, 0.717) is 0 Å². The highest BCUT2D eigenvalue weighted by molar-refractivity contribution is 5.66. The number of hydrogen-bond donors (Lipinski definition) is 0. The lowest BCUT2D eigenvalue weighted by Crippen LogP contribution is -2.24. The van der Waals surface area contributed by atoms with Crippen LogP contribution < -0.4 is 0 Å². The summed E-state index contributed by atoms with van der Waals surface area (Å²) in [6, 6.07) is 10.4. The van der Waals surface area contributed by atoms with Crippen LogP contribution >= 0.6 is 0 Å². The SMILES string of the molecule is CC(=O)O[C@@H]1CCN(Cc2ccccc2)C1. The quantitative estimate of drug-likeness (QED) is 0.726. The van der Waals surface area contributed by atoms with Crippen LogP contribution in [0.2, 0.25) is 0 Å². The molecule has 1 aliphatic heterocycles. The van der Waals surface area contributed by atoms with Crippen molar-refractivity contribution in [3.05, 3.63) is 35.9 Å². The second-order valence-corrected chi connectivity index (χ2v) is 4.24. The lowest BCUT2D eigenvalue weighted by Gasteiger charge is -2.15. The highest BCUT2D eigenvalue weighted by atomic mass is 16.5. The first-order valence-corrected chi connectivity index (χ1v) is 5.67. The standard InChI is InChI=1S/C13H17NO2/c1-11(15)16-13-7-8-14(10-13)9-12-5-3-2-4-6-12/h2-6,13H,7-10H2,1H3/t13-/m1/s1. The Balaban J connectivity index is 1.83. The number of nitrogens with zero attached hydrogens (tertiary/aromatic N) is 1. The number of ether oxygens (including phenoxy) is 1. The highest BCUT2D eigenvalue weighted by Crippen LogP contribution is 2.15. The Morgan fingerprint density at radius 2 is 2.19 bits per heavy atom. The Bertz CT molecular complexity index is 350. The molecule has 1 atom stereocenters. The zero-order chi connectivity index (χ0) is 11.4. The van der Waals surface area contributed by atoms with Crippen LogP contribution in [0.5, 0.6) is 0 Å². The van der Waals surface area contributed by atoms with Gasteiger partial charge < -0.3 is 4.74 Å². The zero-order valence-electron chi connectivity index (χ0n) is 9.56. The van der Waals surface area contributed by atoms with Crippen molar-refractivity contribution in [1.82, 2.24) is 4.90 Å². The maximum absolute atomic E-state index is 10.8. The lowest BCUT2D eigenvalue weighted by molar-refractivity contribution is -0.145. The number of hydrogen-bond acceptors (Lipinski definition) is 3. The Morgan fingerprint density at radius 3 is 2.88 bits per heavy atom. The summed E-state index contributed by atoms with van der Waals surface area (Å²) in [6.07, 6.45) is 1.04. The molecule has 0 saturated carbocycles. The largest absolute Gasteiger partial charge is 0.461 e. The molecule has 1 saturated heterocycles. The van der Waals surface area contributed by atoms with Gasteiger partial charge in [-0.25, -0.2) is 0 Å². The van der Waals surface area contributed by atoms with Gasteiger partial charge in [-0.3, -0.25) is 9.69 Å². The second-order valence-electron chi connectivity index (χ2n) is 4.24. The van der Waals surface area contributed by atoms with Crippen LogP contribution in [0.25, 0.3) is 0 Å². The van der Waals surface area contributed by atoms with Gasteiger partial charge in [-0.15, -0.1) is 0 Å². The van der Waals surface area contributed by atoms with Crippen molar-refractivity contribution in [3.8, 4) is 0 Å². The van der Waals surface area contributed by atoms with E-state index in [1.165, 1.54) is 12.5 Å². The first-order chi connectivity index (χ1) is 7.74. The van der Waals surface area contributed by atoms with Gasteiger partial charge in [0.25, 0.3) is 0 Å². The molecule has 0 N–H and O–H groups in total. The summed E-state index contributed by atoms with van der Waals surface area (Å²) < 4.78 is 5.20. The summed E-state index contributed by atoms with van der Waals surface area (Å²) in [4.78, 5) is 13.1. The van der Waals surface area contributed by atoms with Gasteiger partial charge in [0.1, 0.15) is 6.10 Å². The molecule has 1 heterocycles. The molecule has 0 radical (unpaired) electrons. The number of benzene rings is 1. The van der Waals surface area contributed by atoms with E-state index >= 15 is 0 Å². The Kier molecular flexibility index (Phi) is 3.57. The molecule has 1 aromatic rings. The van der Waals surface area contributed by atoms with Crippen LogP contribution in [-0.2, 0) is 16.1 Å². The lowest BCUT2D eigenvalue weighted by atomic mass is 10.2. The van der Waals surface area contributed by atoms with Crippen molar-refractivity contribution < 1.29 is 9.53 Å². The van der Waals surface area contributed by atoms with Crippen LogP contribution in [-0.4, -0.2) is 30.1 Å². The average molecular weight is 219 g/mol. The number of likely N-dealkylation sites (tertiary alicyclic amines) is 1.